The van der Waals surface area contributed by atoms with E-state index in [1.807, 2.05) is 0 Å². The maximum atomic E-state index is 5.76. The molecule has 0 saturated carbocycles. The molecule has 1 heterocycles. The lowest BCUT2D eigenvalue weighted by Gasteiger charge is -2.21. The maximum Gasteiger partial charge on any atom is 0.119 e. The van der Waals surface area contributed by atoms with Gasteiger partial charge in [-0.2, -0.15) is 0 Å². The van der Waals surface area contributed by atoms with E-state index in [0.717, 1.165) is 26.3 Å². The van der Waals surface area contributed by atoms with E-state index >= 15 is 0 Å². The molecule has 0 aromatic heterocycles. The third kappa shape index (κ3) is 11.4. The average molecular weight is 327 g/mol. The molecule has 136 valence electrons. The van der Waals surface area contributed by atoms with E-state index in [0.29, 0.717) is 13.5 Å². The first-order valence-corrected chi connectivity index (χ1v) is 9.68. The summed E-state index contributed by atoms with van der Waals surface area (Å²) in [5, 5.41) is 0. The molecule has 0 fully saturated rings. The zero-order chi connectivity index (χ0) is 16.6. The van der Waals surface area contributed by atoms with Gasteiger partial charge in [-0.15, -0.1) is 0 Å². The Balaban J connectivity index is 1.83. The van der Waals surface area contributed by atoms with E-state index in [1.54, 1.807) is 0 Å². The summed E-state index contributed by atoms with van der Waals surface area (Å²) in [5.41, 5.74) is 0. The van der Waals surface area contributed by atoms with Crippen molar-refractivity contribution < 1.29 is 9.47 Å². The lowest BCUT2D eigenvalue weighted by atomic mass is 10.1. The van der Waals surface area contributed by atoms with Crippen molar-refractivity contribution >= 4 is 0 Å². The van der Waals surface area contributed by atoms with Crippen molar-refractivity contribution in [3.05, 3.63) is 12.4 Å². The van der Waals surface area contributed by atoms with Crippen LogP contribution in [0.15, 0.2) is 12.4 Å². The van der Waals surface area contributed by atoms with Gasteiger partial charge in [0.15, 0.2) is 0 Å². The molecule has 23 heavy (non-hydrogen) atoms. The lowest BCUT2D eigenvalue weighted by Crippen LogP contribution is -2.29. The van der Waals surface area contributed by atoms with Crippen molar-refractivity contribution in [2.45, 2.75) is 78.1 Å². The van der Waals surface area contributed by atoms with Crippen LogP contribution in [-0.4, -0.2) is 43.1 Å². The van der Waals surface area contributed by atoms with Crippen LogP contribution in [-0.2, 0) is 9.47 Å². The molecular weight excluding hydrogens is 288 g/mol. The molecule has 0 N–H and O–H groups in total. The van der Waals surface area contributed by atoms with Gasteiger partial charge >= 0.3 is 0 Å². The monoisotopic (exact) mass is 326 g/mol. The van der Waals surface area contributed by atoms with Crippen LogP contribution in [0.2, 0.25) is 0 Å². The molecule has 1 aliphatic heterocycles. The van der Waals surface area contributed by atoms with Gasteiger partial charge in [-0.3, -0.25) is 0 Å². The number of unbranched alkanes of at least 4 members (excludes halogenated alkanes) is 8. The summed E-state index contributed by atoms with van der Waals surface area (Å²) in [7, 11) is 0. The Morgan fingerprint density at radius 1 is 0.652 bits per heavy atom. The van der Waals surface area contributed by atoms with E-state index in [2.05, 4.69) is 36.0 Å². The van der Waals surface area contributed by atoms with Crippen molar-refractivity contribution in [2.24, 2.45) is 0 Å². The lowest BCUT2D eigenvalue weighted by molar-refractivity contribution is 0.00999. The zero-order valence-electron chi connectivity index (χ0n) is 15.5. The van der Waals surface area contributed by atoms with Gasteiger partial charge in [-0.05, 0) is 12.8 Å². The Hall–Kier alpha value is -0.740. The molecule has 0 aliphatic carbocycles. The molecule has 1 aliphatic rings. The minimum atomic E-state index is 0.686. The van der Waals surface area contributed by atoms with Crippen LogP contribution < -0.4 is 0 Å². The van der Waals surface area contributed by atoms with Crippen molar-refractivity contribution in [1.29, 1.82) is 0 Å². The molecule has 0 aromatic rings. The molecule has 1 rings (SSSR count). The zero-order valence-corrected chi connectivity index (χ0v) is 15.5. The fourth-order valence-corrected chi connectivity index (χ4v) is 2.63. The second kappa shape index (κ2) is 14.8. The Kier molecular flexibility index (Phi) is 13.1. The maximum absolute atomic E-state index is 5.76. The minimum absolute atomic E-state index is 0.686. The molecule has 0 saturated heterocycles. The van der Waals surface area contributed by atoms with Gasteiger partial charge < -0.3 is 19.3 Å². The standard InChI is InChI=1S/C19H38N2O2/c1-3-5-7-8-9-10-11-12-16-23-19-21-14-13-20(17-21)18-22-15-6-4-2/h13-14H,3-12,15-19H2,1-2H3. The SMILES string of the molecule is CCCCCCCCCCOCN1C=CN(COCCCC)C1. The quantitative estimate of drug-likeness (QED) is 0.376. The van der Waals surface area contributed by atoms with Crippen LogP contribution in [0, 0.1) is 0 Å². The molecule has 0 aromatic carbocycles. The summed E-state index contributed by atoms with van der Waals surface area (Å²) in [5.74, 6) is 0. The molecule has 0 bridgehead atoms. The Morgan fingerprint density at radius 3 is 1.70 bits per heavy atom. The Bertz CT molecular complexity index is 285. The van der Waals surface area contributed by atoms with E-state index < -0.39 is 0 Å². The first kappa shape index (κ1) is 20.3. The third-order valence-electron chi connectivity index (χ3n) is 4.15. The summed E-state index contributed by atoms with van der Waals surface area (Å²) in [4.78, 5) is 4.36. The highest BCUT2D eigenvalue weighted by atomic mass is 16.5. The number of nitrogens with zero attached hydrogens (tertiary/aromatic N) is 2. The van der Waals surface area contributed by atoms with Crippen LogP contribution in [0.1, 0.15) is 78.1 Å². The van der Waals surface area contributed by atoms with Gasteiger partial charge in [0.2, 0.25) is 0 Å². The van der Waals surface area contributed by atoms with Crippen LogP contribution in [0.3, 0.4) is 0 Å². The number of hydrogen-bond donors (Lipinski definition) is 0. The predicted octanol–water partition coefficient (Wildman–Crippen LogP) is 4.92. The van der Waals surface area contributed by atoms with Crippen LogP contribution in [0.4, 0.5) is 0 Å². The minimum Gasteiger partial charge on any atom is -0.361 e. The van der Waals surface area contributed by atoms with Gasteiger partial charge in [-0.25, -0.2) is 0 Å². The largest absolute Gasteiger partial charge is 0.361 e. The first-order valence-electron chi connectivity index (χ1n) is 9.68. The van der Waals surface area contributed by atoms with Crippen molar-refractivity contribution in [2.75, 3.05) is 33.3 Å². The predicted molar refractivity (Wildman–Crippen MR) is 96.8 cm³/mol. The molecule has 0 amide bonds. The summed E-state index contributed by atoms with van der Waals surface area (Å²) in [6, 6.07) is 0. The van der Waals surface area contributed by atoms with E-state index in [9.17, 15) is 0 Å². The van der Waals surface area contributed by atoms with Crippen molar-refractivity contribution in [3.8, 4) is 0 Å². The van der Waals surface area contributed by atoms with Gasteiger partial charge in [0.25, 0.3) is 0 Å². The number of hydrogen-bond acceptors (Lipinski definition) is 4. The highest BCUT2D eigenvalue weighted by molar-refractivity contribution is 4.88. The molecule has 0 unspecified atom stereocenters. The van der Waals surface area contributed by atoms with Crippen LogP contribution in [0.25, 0.3) is 0 Å². The number of rotatable bonds is 16. The van der Waals surface area contributed by atoms with Crippen LogP contribution in [0.5, 0.6) is 0 Å². The van der Waals surface area contributed by atoms with E-state index in [1.165, 1.54) is 57.8 Å². The summed E-state index contributed by atoms with van der Waals surface area (Å²) in [6.45, 7) is 8.45. The third-order valence-corrected chi connectivity index (χ3v) is 4.15. The smallest absolute Gasteiger partial charge is 0.119 e. The van der Waals surface area contributed by atoms with Gasteiger partial charge in [0.1, 0.15) is 13.5 Å². The number of ether oxygens (including phenoxy) is 2. The topological polar surface area (TPSA) is 24.9 Å². The Labute approximate surface area is 143 Å². The van der Waals surface area contributed by atoms with Crippen LogP contribution >= 0.6 is 0 Å². The van der Waals surface area contributed by atoms with Crippen molar-refractivity contribution in [1.82, 2.24) is 9.80 Å². The first-order chi connectivity index (χ1) is 11.4. The fourth-order valence-electron chi connectivity index (χ4n) is 2.63. The summed E-state index contributed by atoms with van der Waals surface area (Å²) < 4.78 is 11.4. The molecule has 0 atom stereocenters. The molecule has 4 heteroatoms. The van der Waals surface area contributed by atoms with Gasteiger partial charge in [-0.1, -0.05) is 65.2 Å². The molecule has 0 spiro atoms. The normalized spacial score (nSPS) is 14.2. The highest BCUT2D eigenvalue weighted by Crippen LogP contribution is 2.09. The summed E-state index contributed by atoms with van der Waals surface area (Å²) >= 11 is 0. The van der Waals surface area contributed by atoms with E-state index in [-0.39, 0.29) is 0 Å². The second-order valence-electron chi connectivity index (χ2n) is 6.52. The average Bonchev–Trinajstić information content (AvgIpc) is 3.01. The molecule has 4 nitrogen and oxygen atoms in total. The fraction of sp³-hybridized carbons (Fsp3) is 0.895. The summed E-state index contributed by atoms with van der Waals surface area (Å²) in [6.07, 6.45) is 17.3. The van der Waals surface area contributed by atoms with Gasteiger partial charge in [0.05, 0.1) is 6.67 Å². The molecular formula is C19H38N2O2. The van der Waals surface area contributed by atoms with E-state index in [4.69, 9.17) is 9.47 Å². The van der Waals surface area contributed by atoms with Crippen molar-refractivity contribution in [3.63, 3.8) is 0 Å². The Morgan fingerprint density at radius 2 is 1.13 bits per heavy atom. The highest BCUT2D eigenvalue weighted by Gasteiger charge is 2.11. The molecule has 0 radical (unpaired) electrons. The second-order valence-corrected chi connectivity index (χ2v) is 6.52. The van der Waals surface area contributed by atoms with Gasteiger partial charge in [0, 0.05) is 25.6 Å².